The minimum atomic E-state index is -3.41. The van der Waals surface area contributed by atoms with E-state index < -0.39 is 9.84 Å². The van der Waals surface area contributed by atoms with Crippen LogP contribution in [0, 0.1) is 0 Å². The summed E-state index contributed by atoms with van der Waals surface area (Å²) >= 11 is 0. The molecule has 1 heterocycles. The van der Waals surface area contributed by atoms with Gasteiger partial charge in [0.15, 0.2) is 9.84 Å². The molecule has 0 saturated carbocycles. The summed E-state index contributed by atoms with van der Waals surface area (Å²) in [5, 5.41) is 0. The molecule has 0 bridgehead atoms. The SMILES string of the molecule is CCCS(=O)(=O)c1ccccc1C(=O)N1CCN(C)CC1C. The summed E-state index contributed by atoms with van der Waals surface area (Å²) in [6, 6.07) is 6.63. The normalized spacial score (nSPS) is 20.1. The predicted molar refractivity (Wildman–Crippen MR) is 86.8 cm³/mol. The molecule has 1 aromatic carbocycles. The summed E-state index contributed by atoms with van der Waals surface area (Å²) in [5.41, 5.74) is 0.298. The van der Waals surface area contributed by atoms with Gasteiger partial charge in [-0.3, -0.25) is 4.79 Å². The Morgan fingerprint density at radius 1 is 1.27 bits per heavy atom. The van der Waals surface area contributed by atoms with Gasteiger partial charge in [0.1, 0.15) is 0 Å². The standard InChI is InChI=1S/C16H24N2O3S/c1-4-11-22(20,21)15-8-6-5-7-14(15)16(19)18-10-9-17(3)12-13(18)2/h5-8,13H,4,9-12H2,1-3H3. The maximum absolute atomic E-state index is 12.8. The first kappa shape index (κ1) is 17.0. The Balaban J connectivity index is 2.35. The average molecular weight is 324 g/mol. The van der Waals surface area contributed by atoms with Crippen molar-refractivity contribution in [2.24, 2.45) is 0 Å². The van der Waals surface area contributed by atoms with Crippen molar-refractivity contribution in [1.82, 2.24) is 9.80 Å². The van der Waals surface area contributed by atoms with Crippen LogP contribution in [0.2, 0.25) is 0 Å². The Kier molecular flexibility index (Phi) is 5.24. The number of carbonyl (C=O) groups excluding carboxylic acids is 1. The number of hydrogen-bond donors (Lipinski definition) is 0. The minimum Gasteiger partial charge on any atom is -0.333 e. The van der Waals surface area contributed by atoms with Crippen LogP contribution < -0.4 is 0 Å². The van der Waals surface area contributed by atoms with E-state index in [9.17, 15) is 13.2 Å². The van der Waals surface area contributed by atoms with Crippen LogP contribution in [0.3, 0.4) is 0 Å². The number of sulfone groups is 1. The van der Waals surface area contributed by atoms with Crippen molar-refractivity contribution in [2.45, 2.75) is 31.2 Å². The Hall–Kier alpha value is -1.40. The van der Waals surface area contributed by atoms with E-state index in [0.29, 0.717) is 18.5 Å². The molecule has 0 aromatic heterocycles. The lowest BCUT2D eigenvalue weighted by Crippen LogP contribution is -2.52. The van der Waals surface area contributed by atoms with Crippen molar-refractivity contribution < 1.29 is 13.2 Å². The summed E-state index contributed by atoms with van der Waals surface area (Å²) in [5.74, 6) is -0.119. The van der Waals surface area contributed by atoms with Crippen LogP contribution in [0.25, 0.3) is 0 Å². The maximum atomic E-state index is 12.8. The van der Waals surface area contributed by atoms with Crippen molar-refractivity contribution in [3.8, 4) is 0 Å². The lowest BCUT2D eigenvalue weighted by molar-refractivity contribution is 0.0530. The van der Waals surface area contributed by atoms with Gasteiger partial charge in [-0.1, -0.05) is 19.1 Å². The highest BCUT2D eigenvalue weighted by Crippen LogP contribution is 2.21. The first-order chi connectivity index (χ1) is 10.4. The highest BCUT2D eigenvalue weighted by Gasteiger charge is 2.30. The number of likely N-dealkylation sites (N-methyl/N-ethyl adjacent to an activating group) is 1. The molecule has 1 fully saturated rings. The Morgan fingerprint density at radius 2 is 1.95 bits per heavy atom. The molecule has 0 radical (unpaired) electrons. The molecule has 2 rings (SSSR count). The minimum absolute atomic E-state index is 0.0651. The second kappa shape index (κ2) is 6.79. The number of piperazine rings is 1. The van der Waals surface area contributed by atoms with Gasteiger partial charge >= 0.3 is 0 Å². The van der Waals surface area contributed by atoms with E-state index >= 15 is 0 Å². The summed E-state index contributed by atoms with van der Waals surface area (Å²) < 4.78 is 24.8. The molecule has 22 heavy (non-hydrogen) atoms. The van der Waals surface area contributed by atoms with Crippen molar-refractivity contribution in [3.05, 3.63) is 29.8 Å². The summed E-state index contributed by atoms with van der Waals surface area (Å²) in [6.07, 6.45) is 0.537. The molecule has 1 aromatic rings. The van der Waals surface area contributed by atoms with Crippen molar-refractivity contribution in [2.75, 3.05) is 32.4 Å². The highest BCUT2D eigenvalue weighted by atomic mass is 32.2. The monoisotopic (exact) mass is 324 g/mol. The average Bonchev–Trinajstić information content (AvgIpc) is 2.46. The summed E-state index contributed by atoms with van der Waals surface area (Å²) in [7, 11) is -1.39. The van der Waals surface area contributed by atoms with Crippen LogP contribution in [0.5, 0.6) is 0 Å². The zero-order valence-corrected chi connectivity index (χ0v) is 14.3. The number of carbonyl (C=O) groups is 1. The van der Waals surface area contributed by atoms with Gasteiger partial charge in [0, 0.05) is 25.7 Å². The molecule has 1 unspecified atom stereocenters. The Bertz CT molecular complexity index is 643. The van der Waals surface area contributed by atoms with Crippen molar-refractivity contribution in [3.63, 3.8) is 0 Å². The lowest BCUT2D eigenvalue weighted by Gasteiger charge is -2.38. The van der Waals surface area contributed by atoms with Gasteiger partial charge in [-0.2, -0.15) is 0 Å². The van der Waals surface area contributed by atoms with Crippen LogP contribution >= 0.6 is 0 Å². The third-order valence-electron chi connectivity index (χ3n) is 4.02. The van der Waals surface area contributed by atoms with Crippen LogP contribution in [0.1, 0.15) is 30.6 Å². The second-order valence-electron chi connectivity index (χ2n) is 5.92. The number of nitrogens with zero attached hydrogens (tertiary/aromatic N) is 2. The Morgan fingerprint density at radius 3 is 2.59 bits per heavy atom. The largest absolute Gasteiger partial charge is 0.333 e. The number of amides is 1. The number of benzene rings is 1. The zero-order valence-electron chi connectivity index (χ0n) is 13.4. The van der Waals surface area contributed by atoms with E-state index in [0.717, 1.165) is 13.1 Å². The van der Waals surface area contributed by atoms with Gasteiger partial charge < -0.3 is 9.80 Å². The molecule has 6 heteroatoms. The van der Waals surface area contributed by atoms with E-state index in [1.807, 2.05) is 20.9 Å². The first-order valence-corrected chi connectivity index (χ1v) is 9.33. The lowest BCUT2D eigenvalue weighted by atomic mass is 10.1. The van der Waals surface area contributed by atoms with Gasteiger partial charge in [0.05, 0.1) is 16.2 Å². The molecule has 1 saturated heterocycles. The molecule has 0 aliphatic carbocycles. The molecule has 122 valence electrons. The van der Waals surface area contributed by atoms with E-state index in [4.69, 9.17) is 0 Å². The fourth-order valence-corrected chi connectivity index (χ4v) is 4.42. The number of hydrogen-bond acceptors (Lipinski definition) is 4. The van der Waals surface area contributed by atoms with Gasteiger partial charge in [-0.25, -0.2) is 8.42 Å². The molecule has 5 nitrogen and oxygen atoms in total. The van der Waals surface area contributed by atoms with Crippen LogP contribution in [-0.2, 0) is 9.84 Å². The Labute approximate surface area is 132 Å². The molecular weight excluding hydrogens is 300 g/mol. The number of rotatable bonds is 4. The van der Waals surface area contributed by atoms with Gasteiger partial charge in [0.25, 0.3) is 5.91 Å². The van der Waals surface area contributed by atoms with E-state index in [2.05, 4.69) is 4.90 Å². The molecular formula is C16H24N2O3S. The summed E-state index contributed by atoms with van der Waals surface area (Å²) in [6.45, 7) is 6.05. The van der Waals surface area contributed by atoms with Crippen LogP contribution in [-0.4, -0.2) is 62.6 Å². The third-order valence-corrected chi connectivity index (χ3v) is 5.99. The first-order valence-electron chi connectivity index (χ1n) is 7.68. The maximum Gasteiger partial charge on any atom is 0.255 e. The predicted octanol–water partition coefficient (Wildman–Crippen LogP) is 1.65. The fraction of sp³-hybridized carbons (Fsp3) is 0.562. The van der Waals surface area contributed by atoms with Gasteiger partial charge in [0.2, 0.25) is 0 Å². The van der Waals surface area contributed by atoms with Gasteiger partial charge in [-0.15, -0.1) is 0 Å². The summed E-state index contributed by atoms with van der Waals surface area (Å²) in [4.78, 5) is 16.9. The molecule has 1 aliphatic rings. The fourth-order valence-electron chi connectivity index (χ4n) is 2.89. The van der Waals surface area contributed by atoms with Crippen molar-refractivity contribution in [1.29, 1.82) is 0 Å². The molecule has 1 atom stereocenters. The van der Waals surface area contributed by atoms with Crippen LogP contribution in [0.4, 0.5) is 0 Å². The second-order valence-corrected chi connectivity index (χ2v) is 8.00. The third kappa shape index (κ3) is 3.50. The van der Waals surface area contributed by atoms with E-state index in [1.54, 1.807) is 29.2 Å². The highest BCUT2D eigenvalue weighted by molar-refractivity contribution is 7.91. The van der Waals surface area contributed by atoms with Crippen molar-refractivity contribution >= 4 is 15.7 Å². The molecule has 1 aliphatic heterocycles. The molecule has 1 amide bonds. The zero-order chi connectivity index (χ0) is 16.3. The topological polar surface area (TPSA) is 57.7 Å². The molecule has 0 N–H and O–H groups in total. The quantitative estimate of drug-likeness (QED) is 0.845. The van der Waals surface area contributed by atoms with Gasteiger partial charge in [-0.05, 0) is 32.5 Å². The van der Waals surface area contributed by atoms with E-state index in [-0.39, 0.29) is 22.6 Å². The van der Waals surface area contributed by atoms with Crippen LogP contribution in [0.15, 0.2) is 29.2 Å². The molecule has 0 spiro atoms. The smallest absolute Gasteiger partial charge is 0.255 e. The van der Waals surface area contributed by atoms with E-state index in [1.165, 1.54) is 0 Å².